The van der Waals surface area contributed by atoms with Crippen molar-refractivity contribution in [3.05, 3.63) is 29.3 Å². The zero-order chi connectivity index (χ0) is 12.5. The Morgan fingerprint density at radius 3 is 2.76 bits per heavy atom. The van der Waals surface area contributed by atoms with Crippen molar-refractivity contribution < 1.29 is 9.47 Å². The van der Waals surface area contributed by atoms with E-state index in [2.05, 4.69) is 12.2 Å². The van der Waals surface area contributed by atoms with E-state index in [1.807, 2.05) is 31.2 Å². The van der Waals surface area contributed by atoms with Gasteiger partial charge in [0.25, 0.3) is 0 Å². The Morgan fingerprint density at radius 1 is 1.29 bits per heavy atom. The van der Waals surface area contributed by atoms with Crippen LogP contribution in [0.3, 0.4) is 0 Å². The van der Waals surface area contributed by atoms with Gasteiger partial charge in [-0.25, -0.2) is 0 Å². The van der Waals surface area contributed by atoms with Gasteiger partial charge in [-0.2, -0.15) is 0 Å². The molecule has 1 atom stereocenters. The molecule has 0 aliphatic rings. The maximum atomic E-state index is 5.88. The molecule has 0 aliphatic heterocycles. The molecule has 1 aromatic rings. The molecule has 1 unspecified atom stereocenters. The fourth-order valence-corrected chi connectivity index (χ4v) is 1.65. The predicted molar refractivity (Wildman–Crippen MR) is 70.9 cm³/mol. The van der Waals surface area contributed by atoms with E-state index in [0.29, 0.717) is 18.2 Å². The highest BCUT2D eigenvalue weighted by Crippen LogP contribution is 2.17. The first-order chi connectivity index (χ1) is 8.26. The number of rotatable bonds is 8. The largest absolute Gasteiger partial charge is 0.492 e. The normalized spacial score (nSPS) is 12.4. The van der Waals surface area contributed by atoms with Gasteiger partial charge in [0.05, 0.1) is 12.6 Å². The van der Waals surface area contributed by atoms with Gasteiger partial charge in [-0.1, -0.05) is 24.6 Å². The van der Waals surface area contributed by atoms with Gasteiger partial charge in [0.1, 0.15) is 12.4 Å². The van der Waals surface area contributed by atoms with E-state index in [1.54, 1.807) is 0 Å². The Bertz CT molecular complexity index is 320. The van der Waals surface area contributed by atoms with E-state index in [1.165, 1.54) is 0 Å². The van der Waals surface area contributed by atoms with Crippen LogP contribution in [-0.2, 0) is 4.74 Å². The highest BCUT2D eigenvalue weighted by atomic mass is 35.5. The first-order valence-corrected chi connectivity index (χ1v) is 6.33. The Hall–Kier alpha value is -0.770. The SMILES string of the molecule is CCNC(COCC)COc1cccc(Cl)c1. The highest BCUT2D eigenvalue weighted by Gasteiger charge is 2.08. The molecule has 0 saturated heterocycles. The van der Waals surface area contributed by atoms with Crippen molar-refractivity contribution in [3.8, 4) is 5.75 Å². The molecule has 0 fully saturated rings. The summed E-state index contributed by atoms with van der Waals surface area (Å²) in [5.41, 5.74) is 0. The summed E-state index contributed by atoms with van der Waals surface area (Å²) >= 11 is 5.88. The summed E-state index contributed by atoms with van der Waals surface area (Å²) in [5, 5.41) is 4.01. The molecule has 0 spiro atoms. The molecule has 96 valence electrons. The number of nitrogens with one attached hydrogen (secondary N) is 1. The molecule has 0 saturated carbocycles. The van der Waals surface area contributed by atoms with Crippen LogP contribution in [0, 0.1) is 0 Å². The Labute approximate surface area is 108 Å². The van der Waals surface area contributed by atoms with Gasteiger partial charge in [-0.05, 0) is 31.7 Å². The molecule has 1 rings (SSSR count). The molecule has 4 heteroatoms. The van der Waals surface area contributed by atoms with Crippen LogP contribution >= 0.6 is 11.6 Å². The maximum Gasteiger partial charge on any atom is 0.120 e. The average Bonchev–Trinajstić information content (AvgIpc) is 2.33. The Morgan fingerprint density at radius 2 is 2.12 bits per heavy atom. The smallest absolute Gasteiger partial charge is 0.120 e. The van der Waals surface area contributed by atoms with Gasteiger partial charge in [0, 0.05) is 11.6 Å². The van der Waals surface area contributed by atoms with Crippen molar-refractivity contribution in [2.24, 2.45) is 0 Å². The molecule has 0 bridgehead atoms. The van der Waals surface area contributed by atoms with Crippen LogP contribution < -0.4 is 10.1 Å². The van der Waals surface area contributed by atoms with Crippen molar-refractivity contribution in [1.29, 1.82) is 0 Å². The summed E-state index contributed by atoms with van der Waals surface area (Å²) in [6.45, 7) is 6.91. The molecule has 17 heavy (non-hydrogen) atoms. The standard InChI is InChI=1S/C13H20ClNO2/c1-3-15-12(9-16-4-2)10-17-13-7-5-6-11(14)8-13/h5-8,12,15H,3-4,9-10H2,1-2H3. The molecule has 0 heterocycles. The first kappa shape index (κ1) is 14.3. The lowest BCUT2D eigenvalue weighted by atomic mass is 10.3. The van der Waals surface area contributed by atoms with Gasteiger partial charge in [-0.15, -0.1) is 0 Å². The van der Waals surface area contributed by atoms with E-state index in [9.17, 15) is 0 Å². The van der Waals surface area contributed by atoms with E-state index in [-0.39, 0.29) is 6.04 Å². The third-order valence-corrected chi connectivity index (χ3v) is 2.50. The average molecular weight is 258 g/mol. The Kier molecular flexibility index (Phi) is 7.01. The molecule has 1 aromatic carbocycles. The zero-order valence-corrected chi connectivity index (χ0v) is 11.2. The fraction of sp³-hybridized carbons (Fsp3) is 0.538. The second-order valence-corrected chi connectivity index (χ2v) is 4.12. The van der Waals surface area contributed by atoms with E-state index in [0.717, 1.165) is 18.9 Å². The summed E-state index contributed by atoms with van der Waals surface area (Å²) in [6, 6.07) is 7.62. The monoisotopic (exact) mass is 257 g/mol. The maximum absolute atomic E-state index is 5.88. The second-order valence-electron chi connectivity index (χ2n) is 3.68. The van der Waals surface area contributed by atoms with Gasteiger partial charge >= 0.3 is 0 Å². The van der Waals surface area contributed by atoms with Gasteiger partial charge in [0.15, 0.2) is 0 Å². The molecule has 0 aromatic heterocycles. The lowest BCUT2D eigenvalue weighted by Gasteiger charge is -2.18. The number of hydrogen-bond donors (Lipinski definition) is 1. The number of hydrogen-bond acceptors (Lipinski definition) is 3. The minimum Gasteiger partial charge on any atom is -0.492 e. The lowest BCUT2D eigenvalue weighted by molar-refractivity contribution is 0.103. The topological polar surface area (TPSA) is 30.5 Å². The summed E-state index contributed by atoms with van der Waals surface area (Å²) in [4.78, 5) is 0. The van der Waals surface area contributed by atoms with Crippen molar-refractivity contribution in [2.45, 2.75) is 19.9 Å². The third-order valence-electron chi connectivity index (χ3n) is 2.26. The van der Waals surface area contributed by atoms with Crippen molar-refractivity contribution in [2.75, 3.05) is 26.4 Å². The number of likely N-dealkylation sites (N-methyl/N-ethyl adjacent to an activating group) is 1. The van der Waals surface area contributed by atoms with Crippen molar-refractivity contribution in [1.82, 2.24) is 5.32 Å². The van der Waals surface area contributed by atoms with Crippen LogP contribution in [-0.4, -0.2) is 32.4 Å². The number of benzene rings is 1. The van der Waals surface area contributed by atoms with Crippen LogP contribution in [0.15, 0.2) is 24.3 Å². The first-order valence-electron chi connectivity index (χ1n) is 5.95. The number of ether oxygens (including phenoxy) is 2. The second kappa shape index (κ2) is 8.34. The molecular weight excluding hydrogens is 238 g/mol. The van der Waals surface area contributed by atoms with Gasteiger partial charge in [0.2, 0.25) is 0 Å². The highest BCUT2D eigenvalue weighted by molar-refractivity contribution is 6.30. The van der Waals surface area contributed by atoms with Gasteiger partial charge in [-0.3, -0.25) is 0 Å². The molecule has 3 nitrogen and oxygen atoms in total. The lowest BCUT2D eigenvalue weighted by Crippen LogP contribution is -2.38. The van der Waals surface area contributed by atoms with Crippen LogP contribution in [0.5, 0.6) is 5.75 Å². The molecule has 0 amide bonds. The minimum atomic E-state index is 0.207. The van der Waals surface area contributed by atoms with Crippen molar-refractivity contribution >= 4 is 11.6 Å². The molecule has 0 aliphatic carbocycles. The van der Waals surface area contributed by atoms with Crippen molar-refractivity contribution in [3.63, 3.8) is 0 Å². The van der Waals surface area contributed by atoms with Crippen LogP contribution in [0.25, 0.3) is 0 Å². The Balaban J connectivity index is 2.39. The third kappa shape index (κ3) is 5.91. The molecule has 1 N–H and O–H groups in total. The molecular formula is C13H20ClNO2. The van der Waals surface area contributed by atoms with Crippen LogP contribution in [0.4, 0.5) is 0 Å². The van der Waals surface area contributed by atoms with E-state index >= 15 is 0 Å². The summed E-state index contributed by atoms with van der Waals surface area (Å²) in [7, 11) is 0. The molecule has 0 radical (unpaired) electrons. The van der Waals surface area contributed by atoms with Crippen LogP contribution in [0.1, 0.15) is 13.8 Å². The van der Waals surface area contributed by atoms with E-state index in [4.69, 9.17) is 21.1 Å². The summed E-state index contributed by atoms with van der Waals surface area (Å²) < 4.78 is 11.1. The predicted octanol–water partition coefficient (Wildman–Crippen LogP) is 2.73. The fourth-order valence-electron chi connectivity index (χ4n) is 1.47. The number of halogens is 1. The quantitative estimate of drug-likeness (QED) is 0.777. The van der Waals surface area contributed by atoms with Crippen LogP contribution in [0.2, 0.25) is 5.02 Å². The summed E-state index contributed by atoms with van der Waals surface area (Å²) in [5.74, 6) is 0.789. The van der Waals surface area contributed by atoms with Gasteiger partial charge < -0.3 is 14.8 Å². The summed E-state index contributed by atoms with van der Waals surface area (Å²) in [6.07, 6.45) is 0. The van der Waals surface area contributed by atoms with E-state index < -0.39 is 0 Å². The zero-order valence-electron chi connectivity index (χ0n) is 10.4. The minimum absolute atomic E-state index is 0.207.